The summed E-state index contributed by atoms with van der Waals surface area (Å²) in [6, 6.07) is 21.7. The number of unbranched alkanes of at least 4 members (excludes halogenated alkanes) is 1. The molecule has 0 aliphatic rings. The number of benzene rings is 2. The van der Waals surface area contributed by atoms with Gasteiger partial charge in [0.2, 0.25) is 0 Å². The Morgan fingerprint density at radius 2 is 1.40 bits per heavy atom. The molecule has 2 aromatic carbocycles. The predicted molar refractivity (Wildman–Crippen MR) is 116 cm³/mol. The molecule has 0 fully saturated rings. The largest absolute Gasteiger partial charge is 0.406 e. The van der Waals surface area contributed by atoms with Crippen LogP contribution in [0.3, 0.4) is 0 Å². The van der Waals surface area contributed by atoms with Crippen molar-refractivity contribution in [2.24, 2.45) is 0 Å². The molecule has 0 heterocycles. The van der Waals surface area contributed by atoms with Gasteiger partial charge in [-0.2, -0.15) is 0 Å². The highest BCUT2D eigenvalue weighted by molar-refractivity contribution is 9.09. The molecule has 0 aromatic heterocycles. The summed E-state index contributed by atoms with van der Waals surface area (Å²) in [6.45, 7) is 9.98. The van der Waals surface area contributed by atoms with E-state index in [1.54, 1.807) is 0 Å². The van der Waals surface area contributed by atoms with E-state index in [0.29, 0.717) is 4.83 Å². The van der Waals surface area contributed by atoms with E-state index in [9.17, 15) is 0 Å². The monoisotopic (exact) mass is 418 g/mol. The minimum atomic E-state index is -2.38. The number of alkyl halides is 1. The average Bonchev–Trinajstić information content (AvgIpc) is 2.61. The van der Waals surface area contributed by atoms with Gasteiger partial charge in [0.15, 0.2) is 0 Å². The number of hydrogen-bond acceptors (Lipinski definition) is 1. The molecule has 0 bridgehead atoms. The van der Waals surface area contributed by atoms with Gasteiger partial charge < -0.3 is 4.43 Å². The summed E-state index contributed by atoms with van der Waals surface area (Å²) in [5, 5.41) is 2.75. The minimum absolute atomic E-state index is 0.0488. The van der Waals surface area contributed by atoms with Crippen molar-refractivity contribution < 1.29 is 4.43 Å². The Hall–Kier alpha value is -0.903. The van der Waals surface area contributed by atoms with Crippen molar-refractivity contribution in [2.45, 2.75) is 56.8 Å². The summed E-state index contributed by atoms with van der Waals surface area (Å²) in [4.78, 5) is 0.411. The highest BCUT2D eigenvalue weighted by Gasteiger charge is 2.50. The van der Waals surface area contributed by atoms with Crippen molar-refractivity contribution in [3.8, 4) is 0 Å². The molecule has 136 valence electrons. The lowest BCUT2D eigenvalue weighted by molar-refractivity contribution is 0.294. The molecule has 1 nitrogen and oxygen atoms in total. The lowest BCUT2D eigenvalue weighted by Gasteiger charge is -2.43. The highest BCUT2D eigenvalue weighted by Crippen LogP contribution is 2.37. The molecule has 2 aromatic rings. The quantitative estimate of drug-likeness (QED) is 0.405. The van der Waals surface area contributed by atoms with E-state index in [1.807, 2.05) is 0 Å². The predicted octanol–water partition coefficient (Wildman–Crippen LogP) is 5.52. The van der Waals surface area contributed by atoms with Gasteiger partial charge in [-0.1, -0.05) is 117 Å². The second-order valence-electron chi connectivity index (χ2n) is 7.71. The Morgan fingerprint density at radius 3 is 1.80 bits per heavy atom. The molecule has 0 N–H and O–H groups in total. The maximum absolute atomic E-state index is 6.92. The van der Waals surface area contributed by atoms with E-state index in [1.165, 1.54) is 23.2 Å². The normalized spacial score (nSPS) is 13.6. The Morgan fingerprint density at radius 1 is 0.920 bits per heavy atom. The van der Waals surface area contributed by atoms with Crippen molar-refractivity contribution in [1.82, 2.24) is 0 Å². The molecule has 0 aliphatic carbocycles. The lowest BCUT2D eigenvalue weighted by atomic mass is 10.2. The van der Waals surface area contributed by atoms with E-state index >= 15 is 0 Å². The molecule has 25 heavy (non-hydrogen) atoms. The molecular formula is C22H31BrOSi. The SMILES string of the molecule is CCCCC(Br)CO[Si](c1ccccc1)(c1ccccc1)C(C)(C)C. The maximum atomic E-state index is 6.92. The van der Waals surface area contributed by atoms with Crippen LogP contribution >= 0.6 is 15.9 Å². The summed E-state index contributed by atoms with van der Waals surface area (Å²) < 4.78 is 6.92. The van der Waals surface area contributed by atoms with E-state index in [2.05, 4.69) is 104 Å². The molecule has 0 saturated heterocycles. The fourth-order valence-corrected chi connectivity index (χ4v) is 8.79. The van der Waals surface area contributed by atoms with Crippen LogP contribution in [0.4, 0.5) is 0 Å². The van der Waals surface area contributed by atoms with E-state index in [-0.39, 0.29) is 5.04 Å². The number of halogens is 1. The standard InChI is InChI=1S/C22H31BrOSi/c1-5-6-13-19(23)18-24-25(22(2,3)4,20-14-9-7-10-15-20)21-16-11-8-12-17-21/h7-12,14-17,19H,5-6,13,18H2,1-4H3. The van der Waals surface area contributed by atoms with Gasteiger partial charge in [-0.3, -0.25) is 0 Å². The van der Waals surface area contributed by atoms with Crippen molar-refractivity contribution in [2.75, 3.05) is 6.61 Å². The molecule has 3 heteroatoms. The zero-order chi connectivity index (χ0) is 18.3. The summed E-state index contributed by atoms with van der Waals surface area (Å²) >= 11 is 3.84. The summed E-state index contributed by atoms with van der Waals surface area (Å²) in [5.41, 5.74) is 0. The molecule has 0 aliphatic heterocycles. The summed E-state index contributed by atoms with van der Waals surface area (Å²) in [6.07, 6.45) is 3.62. The summed E-state index contributed by atoms with van der Waals surface area (Å²) in [5.74, 6) is 0. The Labute approximate surface area is 163 Å². The van der Waals surface area contributed by atoms with Crippen LogP contribution < -0.4 is 10.4 Å². The molecule has 0 amide bonds. The van der Waals surface area contributed by atoms with Crippen LogP contribution in [0.15, 0.2) is 60.7 Å². The second-order valence-corrected chi connectivity index (χ2v) is 13.3. The first kappa shape index (κ1) is 20.4. The smallest absolute Gasteiger partial charge is 0.261 e. The first-order valence-corrected chi connectivity index (χ1v) is 12.1. The average molecular weight is 419 g/mol. The first-order valence-electron chi connectivity index (χ1n) is 9.31. The van der Waals surface area contributed by atoms with Gasteiger partial charge in [-0.05, 0) is 21.8 Å². The van der Waals surface area contributed by atoms with Gasteiger partial charge in [0.05, 0.1) is 0 Å². The van der Waals surface area contributed by atoms with Gasteiger partial charge in [-0.15, -0.1) is 0 Å². The topological polar surface area (TPSA) is 9.23 Å². The fraction of sp³-hybridized carbons (Fsp3) is 0.455. The molecule has 2 rings (SSSR count). The summed E-state index contributed by atoms with van der Waals surface area (Å²) in [7, 11) is -2.38. The van der Waals surface area contributed by atoms with Gasteiger partial charge in [-0.25, -0.2) is 0 Å². The van der Waals surface area contributed by atoms with E-state index in [0.717, 1.165) is 13.0 Å². The van der Waals surface area contributed by atoms with Gasteiger partial charge >= 0.3 is 0 Å². The van der Waals surface area contributed by atoms with E-state index < -0.39 is 8.32 Å². The Bertz CT molecular complexity index is 582. The molecule has 1 unspecified atom stereocenters. The Kier molecular flexibility index (Phi) is 7.47. The van der Waals surface area contributed by atoms with Crippen molar-refractivity contribution >= 4 is 34.6 Å². The maximum Gasteiger partial charge on any atom is 0.261 e. The zero-order valence-corrected chi connectivity index (χ0v) is 18.6. The highest BCUT2D eigenvalue weighted by atomic mass is 79.9. The molecule has 0 radical (unpaired) electrons. The van der Waals surface area contributed by atoms with Crippen LogP contribution in [0.1, 0.15) is 47.0 Å². The minimum Gasteiger partial charge on any atom is -0.406 e. The third-order valence-electron chi connectivity index (χ3n) is 4.77. The van der Waals surface area contributed by atoms with Crippen LogP contribution in [0, 0.1) is 0 Å². The number of rotatable bonds is 8. The van der Waals surface area contributed by atoms with Gasteiger partial charge in [0.25, 0.3) is 8.32 Å². The third kappa shape index (κ3) is 4.84. The van der Waals surface area contributed by atoms with Crippen molar-refractivity contribution in [3.63, 3.8) is 0 Å². The van der Waals surface area contributed by atoms with Crippen molar-refractivity contribution in [3.05, 3.63) is 60.7 Å². The van der Waals surface area contributed by atoms with Gasteiger partial charge in [0.1, 0.15) is 0 Å². The molecular weight excluding hydrogens is 388 g/mol. The van der Waals surface area contributed by atoms with Crippen molar-refractivity contribution in [1.29, 1.82) is 0 Å². The molecule has 0 spiro atoms. The van der Waals surface area contributed by atoms with Crippen LogP contribution in [0.25, 0.3) is 0 Å². The lowest BCUT2D eigenvalue weighted by Crippen LogP contribution is -2.67. The second kappa shape index (κ2) is 9.16. The number of hydrogen-bond donors (Lipinski definition) is 0. The Balaban J connectivity index is 2.46. The van der Waals surface area contributed by atoms with Crippen LogP contribution in [0.5, 0.6) is 0 Å². The third-order valence-corrected chi connectivity index (χ3v) is 10.5. The first-order chi connectivity index (χ1) is 11.9. The molecule has 1 atom stereocenters. The van der Waals surface area contributed by atoms with Crippen LogP contribution in [-0.4, -0.2) is 19.8 Å². The van der Waals surface area contributed by atoms with Crippen LogP contribution in [0.2, 0.25) is 5.04 Å². The zero-order valence-electron chi connectivity index (χ0n) is 16.0. The van der Waals surface area contributed by atoms with Gasteiger partial charge in [0, 0.05) is 11.4 Å². The van der Waals surface area contributed by atoms with E-state index in [4.69, 9.17) is 4.43 Å². The fourth-order valence-electron chi connectivity index (χ4n) is 3.49. The van der Waals surface area contributed by atoms with Crippen LogP contribution in [-0.2, 0) is 4.43 Å². The molecule has 0 saturated carbocycles.